The summed E-state index contributed by atoms with van der Waals surface area (Å²) in [5.74, 6) is 0. The number of urea groups is 1. The second kappa shape index (κ2) is 3.77. The molecule has 1 aliphatic heterocycles. The van der Waals surface area contributed by atoms with E-state index >= 15 is 0 Å². The van der Waals surface area contributed by atoms with Crippen LogP contribution in [0.2, 0.25) is 0 Å². The highest BCUT2D eigenvalue weighted by atomic mass is 19.3. The summed E-state index contributed by atoms with van der Waals surface area (Å²) in [6.45, 7) is -2.79. The Morgan fingerprint density at radius 1 is 1.60 bits per heavy atom. The molecule has 0 fully saturated rings. The highest BCUT2D eigenvalue weighted by Gasteiger charge is 2.27. The standard InChI is InChI=1S/C8H7F2N3O2/c9-7(10)15-13-6-1-2-11-3-5(6)4-12-8(13)14/h1-3,7H,4H2,(H,12,14). The number of pyridine rings is 1. The predicted molar refractivity (Wildman–Crippen MR) is 46.0 cm³/mol. The number of hydrogen-bond donors (Lipinski definition) is 1. The van der Waals surface area contributed by atoms with Crippen molar-refractivity contribution in [1.29, 1.82) is 0 Å². The van der Waals surface area contributed by atoms with Gasteiger partial charge in [0.2, 0.25) is 0 Å². The summed E-state index contributed by atoms with van der Waals surface area (Å²) in [4.78, 5) is 19.1. The van der Waals surface area contributed by atoms with Gasteiger partial charge in [-0.15, -0.1) is 0 Å². The van der Waals surface area contributed by atoms with E-state index in [4.69, 9.17) is 0 Å². The maximum atomic E-state index is 12.0. The third kappa shape index (κ3) is 1.86. The van der Waals surface area contributed by atoms with Crippen LogP contribution in [0.25, 0.3) is 0 Å². The number of rotatable bonds is 2. The molecule has 5 nitrogen and oxygen atoms in total. The number of alkyl halides is 2. The molecular formula is C8H7F2N3O2. The van der Waals surface area contributed by atoms with Gasteiger partial charge in [0.15, 0.2) is 0 Å². The van der Waals surface area contributed by atoms with Crippen molar-refractivity contribution in [3.05, 3.63) is 24.0 Å². The Bertz CT molecular complexity index is 386. The first-order chi connectivity index (χ1) is 7.18. The van der Waals surface area contributed by atoms with Crippen molar-refractivity contribution in [3.8, 4) is 0 Å². The SMILES string of the molecule is O=C1NCc2cnccc2N1OC(F)F. The smallest absolute Gasteiger partial charge is 0.332 e. The molecule has 0 unspecified atom stereocenters. The Morgan fingerprint density at radius 2 is 2.40 bits per heavy atom. The number of hydroxylamine groups is 1. The third-order valence-corrected chi connectivity index (χ3v) is 1.90. The summed E-state index contributed by atoms with van der Waals surface area (Å²) in [5.41, 5.74) is 0.909. The van der Waals surface area contributed by atoms with Gasteiger partial charge in [0.1, 0.15) is 0 Å². The lowest BCUT2D eigenvalue weighted by atomic mass is 10.2. The van der Waals surface area contributed by atoms with Crippen molar-refractivity contribution in [2.24, 2.45) is 0 Å². The molecule has 2 heterocycles. The maximum absolute atomic E-state index is 12.0. The first kappa shape index (κ1) is 9.78. The second-order valence-electron chi connectivity index (χ2n) is 2.82. The zero-order valence-electron chi connectivity index (χ0n) is 7.48. The van der Waals surface area contributed by atoms with Crippen LogP contribution in [0.1, 0.15) is 5.56 Å². The molecule has 2 amide bonds. The summed E-state index contributed by atoms with van der Waals surface area (Å²) < 4.78 is 24.1. The minimum atomic E-state index is -3.05. The van der Waals surface area contributed by atoms with Gasteiger partial charge in [0.25, 0.3) is 0 Å². The van der Waals surface area contributed by atoms with Crippen LogP contribution in [-0.4, -0.2) is 17.6 Å². The van der Waals surface area contributed by atoms with E-state index in [-0.39, 0.29) is 12.2 Å². The molecule has 1 aliphatic rings. The minimum absolute atomic E-state index is 0.255. The number of amides is 2. The first-order valence-electron chi connectivity index (χ1n) is 4.14. The van der Waals surface area contributed by atoms with Crippen molar-refractivity contribution in [2.45, 2.75) is 13.2 Å². The third-order valence-electron chi connectivity index (χ3n) is 1.90. The summed E-state index contributed by atoms with van der Waals surface area (Å²) >= 11 is 0. The lowest BCUT2D eigenvalue weighted by Gasteiger charge is -2.27. The number of nitrogens with zero attached hydrogens (tertiary/aromatic N) is 2. The van der Waals surface area contributed by atoms with Crippen LogP contribution < -0.4 is 10.4 Å². The van der Waals surface area contributed by atoms with Gasteiger partial charge in [-0.25, -0.2) is 4.79 Å². The van der Waals surface area contributed by atoms with E-state index < -0.39 is 12.6 Å². The molecular weight excluding hydrogens is 208 g/mol. The summed E-state index contributed by atoms with van der Waals surface area (Å²) in [6.07, 6.45) is 2.88. The number of nitrogens with one attached hydrogen (secondary N) is 1. The van der Waals surface area contributed by atoms with Crippen LogP contribution in [0, 0.1) is 0 Å². The van der Waals surface area contributed by atoms with Crippen LogP contribution in [0.15, 0.2) is 18.5 Å². The Balaban J connectivity index is 2.33. The van der Waals surface area contributed by atoms with E-state index in [1.807, 2.05) is 0 Å². The number of halogens is 2. The number of anilines is 1. The van der Waals surface area contributed by atoms with Gasteiger partial charge in [0.05, 0.1) is 5.69 Å². The maximum Gasteiger partial charge on any atom is 0.365 e. The van der Waals surface area contributed by atoms with Crippen LogP contribution >= 0.6 is 0 Å². The summed E-state index contributed by atoms with van der Waals surface area (Å²) in [6, 6.07) is 0.727. The number of fused-ring (bicyclic) bond motifs is 1. The zero-order valence-corrected chi connectivity index (χ0v) is 7.48. The Labute approximate surface area is 83.6 Å². The highest BCUT2D eigenvalue weighted by molar-refractivity contribution is 5.92. The van der Waals surface area contributed by atoms with Gasteiger partial charge < -0.3 is 5.32 Å². The largest absolute Gasteiger partial charge is 0.365 e. The Morgan fingerprint density at radius 3 is 3.13 bits per heavy atom. The number of aromatic nitrogens is 1. The first-order valence-corrected chi connectivity index (χ1v) is 4.14. The monoisotopic (exact) mass is 215 g/mol. The van der Waals surface area contributed by atoms with Crippen molar-refractivity contribution in [1.82, 2.24) is 10.3 Å². The second-order valence-corrected chi connectivity index (χ2v) is 2.82. The van der Waals surface area contributed by atoms with Crippen molar-refractivity contribution in [3.63, 3.8) is 0 Å². The summed E-state index contributed by atoms with van der Waals surface area (Å²) in [5, 5.41) is 2.92. The predicted octanol–water partition coefficient (Wildman–Crippen LogP) is 1.27. The van der Waals surface area contributed by atoms with Crippen molar-refractivity contribution < 1.29 is 18.4 Å². The van der Waals surface area contributed by atoms with Crippen molar-refractivity contribution in [2.75, 3.05) is 5.06 Å². The van der Waals surface area contributed by atoms with Gasteiger partial charge in [0, 0.05) is 24.5 Å². The molecule has 0 bridgehead atoms. The zero-order chi connectivity index (χ0) is 10.8. The fourth-order valence-corrected chi connectivity index (χ4v) is 1.29. The fourth-order valence-electron chi connectivity index (χ4n) is 1.29. The molecule has 0 atom stereocenters. The topological polar surface area (TPSA) is 54.5 Å². The molecule has 15 heavy (non-hydrogen) atoms. The van der Waals surface area contributed by atoms with Gasteiger partial charge >= 0.3 is 12.6 Å². The van der Waals surface area contributed by atoms with Crippen LogP contribution in [-0.2, 0) is 11.4 Å². The van der Waals surface area contributed by atoms with Crippen molar-refractivity contribution >= 4 is 11.7 Å². The Hall–Kier alpha value is -1.76. The molecule has 1 N–H and O–H groups in total. The molecule has 1 aromatic rings. The lowest BCUT2D eigenvalue weighted by Crippen LogP contribution is -2.45. The highest BCUT2D eigenvalue weighted by Crippen LogP contribution is 2.24. The van der Waals surface area contributed by atoms with Gasteiger partial charge in [-0.3, -0.25) is 4.98 Å². The average molecular weight is 215 g/mol. The quantitative estimate of drug-likeness (QED) is 0.808. The molecule has 0 radical (unpaired) electrons. The lowest BCUT2D eigenvalue weighted by molar-refractivity contribution is -0.130. The average Bonchev–Trinajstić information content (AvgIpc) is 2.22. The van der Waals surface area contributed by atoms with Gasteiger partial charge in [-0.05, 0) is 6.07 Å². The number of hydrogen-bond acceptors (Lipinski definition) is 3. The molecule has 0 saturated carbocycles. The van der Waals surface area contributed by atoms with Gasteiger partial charge in [-0.1, -0.05) is 0 Å². The van der Waals surface area contributed by atoms with E-state index in [2.05, 4.69) is 15.1 Å². The molecule has 2 rings (SSSR count). The molecule has 7 heteroatoms. The van der Waals surface area contributed by atoms with E-state index in [1.54, 1.807) is 0 Å². The molecule has 0 aliphatic carbocycles. The van der Waals surface area contributed by atoms with E-state index in [1.165, 1.54) is 18.5 Å². The molecule has 0 aromatic carbocycles. The van der Waals surface area contributed by atoms with Crippen LogP contribution in [0.4, 0.5) is 19.3 Å². The molecule has 1 aromatic heterocycles. The van der Waals surface area contributed by atoms with E-state index in [0.29, 0.717) is 10.6 Å². The van der Waals surface area contributed by atoms with Crippen LogP contribution in [0.5, 0.6) is 0 Å². The minimum Gasteiger partial charge on any atom is -0.332 e. The van der Waals surface area contributed by atoms with Gasteiger partial charge in [-0.2, -0.15) is 18.7 Å². The molecule has 0 saturated heterocycles. The molecule has 80 valence electrons. The van der Waals surface area contributed by atoms with E-state index in [0.717, 1.165) is 0 Å². The fraction of sp³-hybridized carbons (Fsp3) is 0.250. The number of carbonyl (C=O) groups is 1. The Kier molecular flexibility index (Phi) is 2.46. The van der Waals surface area contributed by atoms with Crippen LogP contribution in [0.3, 0.4) is 0 Å². The normalized spacial score (nSPS) is 15.1. The summed E-state index contributed by atoms with van der Waals surface area (Å²) in [7, 11) is 0. The van der Waals surface area contributed by atoms with E-state index in [9.17, 15) is 13.6 Å². The number of carbonyl (C=O) groups excluding carboxylic acids is 1. The molecule has 0 spiro atoms.